The maximum atomic E-state index is 12.8. The maximum absolute atomic E-state index is 12.8. The van der Waals surface area contributed by atoms with E-state index in [2.05, 4.69) is 33.0 Å². The molecule has 0 aliphatic heterocycles. The summed E-state index contributed by atoms with van der Waals surface area (Å²) in [5, 5.41) is 3.09. The van der Waals surface area contributed by atoms with Gasteiger partial charge in [-0.05, 0) is 36.0 Å². The Bertz CT molecular complexity index is 431. The second kappa shape index (κ2) is 6.37. The second-order valence-electron chi connectivity index (χ2n) is 5.83. The van der Waals surface area contributed by atoms with Crippen LogP contribution in [-0.4, -0.2) is 6.54 Å². The predicted octanol–water partition coefficient (Wildman–Crippen LogP) is 4.63. The Hall–Kier alpha value is -1.39. The lowest BCUT2D eigenvalue weighted by Crippen LogP contribution is -2.24. The largest absolute Gasteiger partial charge is 0.418 e. The van der Waals surface area contributed by atoms with E-state index in [1.54, 1.807) is 6.07 Å². The monoisotopic (exact) mass is 288 g/mol. The summed E-state index contributed by atoms with van der Waals surface area (Å²) in [5.41, 5.74) is 4.81. The van der Waals surface area contributed by atoms with E-state index in [9.17, 15) is 13.2 Å². The van der Waals surface area contributed by atoms with E-state index in [0.29, 0.717) is 30.0 Å². The van der Waals surface area contributed by atoms with E-state index >= 15 is 0 Å². The molecule has 0 radical (unpaired) electrons. The lowest BCUT2D eigenvalue weighted by Gasteiger charge is -2.25. The van der Waals surface area contributed by atoms with E-state index in [1.165, 1.54) is 6.07 Å². The average molecular weight is 288 g/mol. The van der Waals surface area contributed by atoms with Gasteiger partial charge in [0, 0.05) is 17.9 Å². The van der Waals surface area contributed by atoms with Crippen molar-refractivity contribution in [3.05, 3.63) is 23.8 Å². The number of rotatable bonds is 5. The summed E-state index contributed by atoms with van der Waals surface area (Å²) in [6.07, 6.45) is -4.42. The van der Waals surface area contributed by atoms with Crippen molar-refractivity contribution in [1.29, 1.82) is 0 Å². The second-order valence-corrected chi connectivity index (χ2v) is 5.83. The smallest absolute Gasteiger partial charge is 0.398 e. The van der Waals surface area contributed by atoms with Gasteiger partial charge in [0.15, 0.2) is 0 Å². The summed E-state index contributed by atoms with van der Waals surface area (Å²) in [4.78, 5) is 0. The standard InChI is InChI=1S/C15H23F3N2/c1-9(2)12(10(3)4)8-20-11-5-6-14(19)13(7-11)15(16,17)18/h5-7,9-10,12,20H,8,19H2,1-4H3. The number of nitrogens with two attached hydrogens (primary N) is 1. The minimum atomic E-state index is -4.42. The Kier molecular flexibility index (Phi) is 5.31. The summed E-state index contributed by atoms with van der Waals surface area (Å²) >= 11 is 0. The highest BCUT2D eigenvalue weighted by atomic mass is 19.4. The van der Waals surface area contributed by atoms with Crippen LogP contribution >= 0.6 is 0 Å². The third kappa shape index (κ3) is 4.32. The normalized spacial score (nSPS) is 12.5. The number of halogens is 3. The maximum Gasteiger partial charge on any atom is 0.418 e. The highest BCUT2D eigenvalue weighted by molar-refractivity contribution is 5.58. The zero-order chi connectivity index (χ0) is 15.5. The average Bonchev–Trinajstić information content (AvgIpc) is 2.28. The quantitative estimate of drug-likeness (QED) is 0.775. The van der Waals surface area contributed by atoms with Crippen LogP contribution in [-0.2, 0) is 6.18 Å². The minimum absolute atomic E-state index is 0.243. The first-order chi connectivity index (χ1) is 9.12. The van der Waals surface area contributed by atoms with Crippen molar-refractivity contribution in [3.63, 3.8) is 0 Å². The van der Waals surface area contributed by atoms with Crippen LogP contribution in [0, 0.1) is 17.8 Å². The van der Waals surface area contributed by atoms with E-state index in [4.69, 9.17) is 5.73 Å². The number of nitrogens with one attached hydrogen (secondary N) is 1. The van der Waals surface area contributed by atoms with Crippen LogP contribution in [0.4, 0.5) is 24.5 Å². The fourth-order valence-corrected chi connectivity index (χ4v) is 2.39. The van der Waals surface area contributed by atoms with Gasteiger partial charge in [0.1, 0.15) is 0 Å². The molecule has 0 heterocycles. The third-order valence-electron chi connectivity index (χ3n) is 3.61. The topological polar surface area (TPSA) is 38.0 Å². The molecule has 1 rings (SSSR count). The molecule has 0 atom stereocenters. The van der Waals surface area contributed by atoms with Crippen LogP contribution in [0.15, 0.2) is 18.2 Å². The number of benzene rings is 1. The highest BCUT2D eigenvalue weighted by Gasteiger charge is 2.33. The summed E-state index contributed by atoms with van der Waals surface area (Å²) in [6.45, 7) is 9.14. The highest BCUT2D eigenvalue weighted by Crippen LogP contribution is 2.35. The molecule has 5 heteroatoms. The zero-order valence-corrected chi connectivity index (χ0v) is 12.4. The molecule has 0 aliphatic rings. The van der Waals surface area contributed by atoms with Gasteiger partial charge in [0.25, 0.3) is 0 Å². The van der Waals surface area contributed by atoms with Gasteiger partial charge in [-0.2, -0.15) is 13.2 Å². The van der Waals surface area contributed by atoms with Gasteiger partial charge >= 0.3 is 6.18 Å². The Labute approximate surface area is 118 Å². The number of hydrogen-bond donors (Lipinski definition) is 2. The third-order valence-corrected chi connectivity index (χ3v) is 3.61. The molecule has 114 valence electrons. The van der Waals surface area contributed by atoms with Gasteiger partial charge in [-0.15, -0.1) is 0 Å². The SMILES string of the molecule is CC(C)C(CNc1ccc(N)c(C(F)(F)F)c1)C(C)C. The Morgan fingerprint density at radius 1 is 1.10 bits per heavy atom. The summed E-state index contributed by atoms with van der Waals surface area (Å²) in [5.74, 6) is 1.35. The van der Waals surface area contributed by atoms with Crippen molar-refractivity contribution >= 4 is 11.4 Å². The van der Waals surface area contributed by atoms with Crippen LogP contribution in [0.25, 0.3) is 0 Å². The molecular weight excluding hydrogens is 265 g/mol. The van der Waals surface area contributed by atoms with E-state index in [-0.39, 0.29) is 5.69 Å². The van der Waals surface area contributed by atoms with Gasteiger partial charge in [0.2, 0.25) is 0 Å². The Morgan fingerprint density at radius 2 is 1.65 bits per heavy atom. The lowest BCUT2D eigenvalue weighted by molar-refractivity contribution is -0.136. The van der Waals surface area contributed by atoms with Gasteiger partial charge in [-0.25, -0.2) is 0 Å². The molecule has 2 nitrogen and oxygen atoms in total. The molecule has 0 unspecified atom stereocenters. The van der Waals surface area contributed by atoms with Crippen molar-refractivity contribution < 1.29 is 13.2 Å². The van der Waals surface area contributed by atoms with Crippen molar-refractivity contribution in [2.24, 2.45) is 17.8 Å². The van der Waals surface area contributed by atoms with E-state index < -0.39 is 11.7 Å². The Morgan fingerprint density at radius 3 is 2.10 bits per heavy atom. The molecule has 0 amide bonds. The predicted molar refractivity (Wildman–Crippen MR) is 77.5 cm³/mol. The van der Waals surface area contributed by atoms with Crippen LogP contribution in [0.3, 0.4) is 0 Å². The molecule has 0 spiro atoms. The van der Waals surface area contributed by atoms with Crippen molar-refractivity contribution in [1.82, 2.24) is 0 Å². The molecule has 1 aromatic rings. The number of nitrogen functional groups attached to an aromatic ring is 1. The van der Waals surface area contributed by atoms with Crippen molar-refractivity contribution in [2.75, 3.05) is 17.6 Å². The van der Waals surface area contributed by atoms with Crippen molar-refractivity contribution in [3.8, 4) is 0 Å². The molecule has 0 aliphatic carbocycles. The number of anilines is 2. The van der Waals surface area contributed by atoms with Gasteiger partial charge in [0.05, 0.1) is 5.56 Å². The summed E-state index contributed by atoms with van der Waals surface area (Å²) in [7, 11) is 0. The Balaban J connectivity index is 2.84. The van der Waals surface area contributed by atoms with Crippen LogP contribution in [0.1, 0.15) is 33.3 Å². The molecule has 20 heavy (non-hydrogen) atoms. The number of alkyl halides is 3. The summed E-state index contributed by atoms with van der Waals surface area (Å²) in [6, 6.07) is 3.96. The van der Waals surface area contributed by atoms with E-state index in [1.807, 2.05) is 0 Å². The van der Waals surface area contributed by atoms with Crippen molar-refractivity contribution in [2.45, 2.75) is 33.9 Å². The van der Waals surface area contributed by atoms with Crippen LogP contribution < -0.4 is 11.1 Å². The molecule has 0 fully saturated rings. The zero-order valence-electron chi connectivity index (χ0n) is 12.4. The fourth-order valence-electron chi connectivity index (χ4n) is 2.39. The van der Waals surface area contributed by atoms with Gasteiger partial charge in [-0.3, -0.25) is 0 Å². The first kappa shape index (κ1) is 16.7. The molecule has 0 aromatic heterocycles. The van der Waals surface area contributed by atoms with Crippen LogP contribution in [0.5, 0.6) is 0 Å². The fraction of sp³-hybridized carbons (Fsp3) is 0.600. The first-order valence-electron chi connectivity index (χ1n) is 6.83. The molecule has 1 aromatic carbocycles. The number of hydrogen-bond acceptors (Lipinski definition) is 2. The summed E-state index contributed by atoms with van der Waals surface area (Å²) < 4.78 is 38.3. The van der Waals surface area contributed by atoms with Gasteiger partial charge < -0.3 is 11.1 Å². The lowest BCUT2D eigenvalue weighted by atomic mass is 9.85. The molecular formula is C15H23F3N2. The van der Waals surface area contributed by atoms with E-state index in [0.717, 1.165) is 6.07 Å². The molecule has 0 saturated heterocycles. The molecule has 0 bridgehead atoms. The van der Waals surface area contributed by atoms with Crippen LogP contribution in [0.2, 0.25) is 0 Å². The molecule has 0 saturated carbocycles. The van der Waals surface area contributed by atoms with Gasteiger partial charge in [-0.1, -0.05) is 27.7 Å². The molecule has 3 N–H and O–H groups in total. The minimum Gasteiger partial charge on any atom is -0.398 e. The first-order valence-corrected chi connectivity index (χ1v) is 6.83.